The van der Waals surface area contributed by atoms with Crippen LogP contribution in [0.4, 0.5) is 5.13 Å². The number of aromatic nitrogens is 1. The van der Waals surface area contributed by atoms with Crippen LogP contribution in [-0.2, 0) is 21.1 Å². The molecule has 1 aliphatic rings. The van der Waals surface area contributed by atoms with Crippen molar-refractivity contribution < 1.29 is 13.2 Å². The number of carbonyl (C=O) groups excluding carboxylic acids is 1. The summed E-state index contributed by atoms with van der Waals surface area (Å²) in [7, 11) is -3.17. The van der Waals surface area contributed by atoms with Crippen molar-refractivity contribution in [2.24, 2.45) is 5.92 Å². The first kappa shape index (κ1) is 18.8. The molecule has 5 nitrogen and oxygen atoms in total. The quantitative estimate of drug-likeness (QED) is 0.617. The van der Waals surface area contributed by atoms with Gasteiger partial charge in [0, 0.05) is 24.3 Å². The highest BCUT2D eigenvalue weighted by Gasteiger charge is 2.27. The van der Waals surface area contributed by atoms with Gasteiger partial charge in [-0.15, -0.1) is 0 Å². The fourth-order valence-corrected chi connectivity index (χ4v) is 5.70. The Hall–Kier alpha value is -2.51. The number of nitrogens with zero attached hydrogens (tertiary/aromatic N) is 2. The third-order valence-electron chi connectivity index (χ3n) is 4.72. The number of carbonyl (C=O) groups is 1. The number of rotatable bonds is 6. The summed E-state index contributed by atoms with van der Waals surface area (Å²) < 4.78 is 24.4. The molecule has 0 radical (unpaired) electrons. The van der Waals surface area contributed by atoms with E-state index in [1.165, 1.54) is 16.7 Å². The Bertz CT molecular complexity index is 1090. The summed E-state index contributed by atoms with van der Waals surface area (Å²) >= 11 is 1.48. The molecule has 0 aliphatic carbocycles. The van der Waals surface area contributed by atoms with Gasteiger partial charge < -0.3 is 0 Å². The summed E-state index contributed by atoms with van der Waals surface area (Å²) in [5.41, 5.74) is 2.01. The number of thiazole rings is 1. The molecular formula is C21H20N2O3S2. The van der Waals surface area contributed by atoms with Gasteiger partial charge in [0.15, 0.2) is 15.0 Å². The Balaban J connectivity index is 1.57. The lowest BCUT2D eigenvalue weighted by Gasteiger charge is -2.21. The lowest BCUT2D eigenvalue weighted by Crippen LogP contribution is -2.34. The average Bonchev–Trinajstić information content (AvgIpc) is 3.25. The van der Waals surface area contributed by atoms with Crippen LogP contribution in [0.2, 0.25) is 0 Å². The van der Waals surface area contributed by atoms with Crippen molar-refractivity contribution in [3.8, 4) is 0 Å². The second-order valence-electron chi connectivity index (χ2n) is 6.87. The van der Waals surface area contributed by atoms with Gasteiger partial charge in [-0.3, -0.25) is 9.69 Å². The number of amides is 1. The molecule has 0 bridgehead atoms. The van der Waals surface area contributed by atoms with Gasteiger partial charge in [0.05, 0.1) is 16.0 Å². The predicted molar refractivity (Wildman–Crippen MR) is 113 cm³/mol. The lowest BCUT2D eigenvalue weighted by atomic mass is 10.1. The monoisotopic (exact) mass is 412 g/mol. The molecule has 4 rings (SSSR count). The van der Waals surface area contributed by atoms with Crippen molar-refractivity contribution in [2.75, 3.05) is 17.2 Å². The summed E-state index contributed by atoms with van der Waals surface area (Å²) in [5.74, 6) is -0.363. The van der Waals surface area contributed by atoms with Crippen LogP contribution in [0.3, 0.4) is 0 Å². The van der Waals surface area contributed by atoms with Gasteiger partial charge in [0.1, 0.15) is 0 Å². The van der Waals surface area contributed by atoms with Crippen molar-refractivity contribution in [3.05, 3.63) is 71.6 Å². The Kier molecular flexibility index (Phi) is 5.28. The number of hydrogen-bond donors (Lipinski definition) is 0. The number of hydrogen-bond acceptors (Lipinski definition) is 5. The van der Waals surface area contributed by atoms with E-state index >= 15 is 0 Å². The molecule has 1 amide bonds. The molecular weight excluding hydrogens is 392 g/mol. The van der Waals surface area contributed by atoms with E-state index in [0.29, 0.717) is 18.1 Å². The third-order valence-corrected chi connectivity index (χ3v) is 7.25. The standard InChI is InChI=1S/C21H20N2O3S2/c24-20(14-17-11-13-28(25,26)15-17)23(12-10-16-6-2-1-3-7-16)21-22-18-8-4-5-9-19(18)27-21/h1-9,11,13,17H,10,12,14-15H2. The fraction of sp³-hybridized carbons (Fsp3) is 0.238. The van der Waals surface area contributed by atoms with Gasteiger partial charge in [0.2, 0.25) is 5.91 Å². The van der Waals surface area contributed by atoms with Crippen molar-refractivity contribution >= 4 is 42.4 Å². The molecule has 144 valence electrons. The minimum Gasteiger partial charge on any atom is -0.288 e. The number of allylic oxidation sites excluding steroid dienone is 1. The molecule has 1 aliphatic heterocycles. The molecule has 0 saturated heterocycles. The van der Waals surface area contributed by atoms with E-state index in [4.69, 9.17) is 0 Å². The number of benzene rings is 2. The molecule has 2 heterocycles. The molecule has 0 spiro atoms. The van der Waals surface area contributed by atoms with Crippen LogP contribution in [-0.4, -0.2) is 31.6 Å². The molecule has 0 saturated carbocycles. The Morgan fingerprint density at radius 2 is 1.86 bits per heavy atom. The molecule has 1 aromatic heterocycles. The van der Waals surface area contributed by atoms with E-state index in [9.17, 15) is 13.2 Å². The number of sulfone groups is 1. The van der Waals surface area contributed by atoms with Crippen molar-refractivity contribution in [1.29, 1.82) is 0 Å². The zero-order chi connectivity index (χ0) is 19.6. The maximum absolute atomic E-state index is 13.1. The molecule has 28 heavy (non-hydrogen) atoms. The van der Waals surface area contributed by atoms with Crippen LogP contribution >= 0.6 is 11.3 Å². The Morgan fingerprint density at radius 1 is 1.11 bits per heavy atom. The van der Waals surface area contributed by atoms with E-state index in [-0.39, 0.29) is 24.0 Å². The smallest absolute Gasteiger partial charge is 0.229 e. The Morgan fingerprint density at radius 3 is 2.57 bits per heavy atom. The normalized spacial score (nSPS) is 17.8. The van der Waals surface area contributed by atoms with Crippen LogP contribution in [0.25, 0.3) is 10.2 Å². The van der Waals surface area contributed by atoms with Crippen LogP contribution in [0.15, 0.2) is 66.1 Å². The highest BCUT2D eigenvalue weighted by Crippen LogP contribution is 2.30. The Labute approximate surface area is 168 Å². The maximum atomic E-state index is 13.1. The average molecular weight is 413 g/mol. The van der Waals surface area contributed by atoms with Crippen LogP contribution in [0.5, 0.6) is 0 Å². The van der Waals surface area contributed by atoms with Gasteiger partial charge in [0.25, 0.3) is 0 Å². The van der Waals surface area contributed by atoms with Crippen LogP contribution in [0, 0.1) is 5.92 Å². The minimum atomic E-state index is -3.17. The molecule has 7 heteroatoms. The van der Waals surface area contributed by atoms with E-state index in [2.05, 4.69) is 4.98 Å². The fourth-order valence-electron chi connectivity index (χ4n) is 3.29. The van der Waals surface area contributed by atoms with Crippen molar-refractivity contribution in [3.63, 3.8) is 0 Å². The van der Waals surface area contributed by atoms with Crippen LogP contribution < -0.4 is 4.90 Å². The SMILES string of the molecule is O=C(CC1C=CS(=O)(=O)C1)N(CCc1ccccc1)c1nc2ccccc2s1. The van der Waals surface area contributed by atoms with Gasteiger partial charge in [-0.2, -0.15) is 0 Å². The first-order valence-corrected chi connectivity index (χ1v) is 11.6. The molecule has 1 unspecified atom stereocenters. The zero-order valence-corrected chi connectivity index (χ0v) is 16.8. The number of anilines is 1. The van der Waals surface area contributed by atoms with E-state index < -0.39 is 9.84 Å². The van der Waals surface area contributed by atoms with Gasteiger partial charge in [-0.05, 0) is 24.1 Å². The predicted octanol–water partition coefficient (Wildman–Crippen LogP) is 3.82. The summed E-state index contributed by atoms with van der Waals surface area (Å²) in [6, 6.07) is 17.8. The second-order valence-corrected chi connectivity index (χ2v) is 9.81. The maximum Gasteiger partial charge on any atom is 0.229 e. The summed E-state index contributed by atoms with van der Waals surface area (Å²) in [5, 5.41) is 1.88. The summed E-state index contributed by atoms with van der Waals surface area (Å²) in [6.07, 6.45) is 2.50. The van der Waals surface area contributed by atoms with Gasteiger partial charge >= 0.3 is 0 Å². The highest BCUT2D eigenvalue weighted by molar-refractivity contribution is 7.94. The topological polar surface area (TPSA) is 67.3 Å². The van der Waals surface area contributed by atoms with Crippen LogP contribution in [0.1, 0.15) is 12.0 Å². The molecule has 3 aromatic rings. The summed E-state index contributed by atoms with van der Waals surface area (Å²) in [4.78, 5) is 19.4. The third kappa shape index (κ3) is 4.31. The molecule has 1 atom stereocenters. The van der Waals surface area contributed by atoms with Crippen molar-refractivity contribution in [1.82, 2.24) is 4.98 Å². The first-order chi connectivity index (χ1) is 13.5. The van der Waals surface area contributed by atoms with Gasteiger partial charge in [-0.1, -0.05) is 59.9 Å². The highest BCUT2D eigenvalue weighted by atomic mass is 32.2. The van der Waals surface area contributed by atoms with E-state index in [1.54, 1.807) is 11.0 Å². The second kappa shape index (κ2) is 7.85. The largest absolute Gasteiger partial charge is 0.288 e. The van der Waals surface area contributed by atoms with Gasteiger partial charge in [-0.25, -0.2) is 13.4 Å². The first-order valence-electron chi connectivity index (χ1n) is 9.11. The summed E-state index contributed by atoms with van der Waals surface area (Å²) in [6.45, 7) is 0.506. The van der Waals surface area contributed by atoms with Crippen molar-refractivity contribution in [2.45, 2.75) is 12.8 Å². The molecule has 0 N–H and O–H groups in total. The van der Waals surface area contributed by atoms with E-state index in [1.807, 2.05) is 54.6 Å². The number of para-hydroxylation sites is 1. The van der Waals surface area contributed by atoms with E-state index in [0.717, 1.165) is 15.8 Å². The zero-order valence-electron chi connectivity index (χ0n) is 15.2. The number of fused-ring (bicyclic) bond motifs is 1. The molecule has 0 fully saturated rings. The minimum absolute atomic E-state index is 0.00507. The molecule has 2 aromatic carbocycles. The lowest BCUT2D eigenvalue weighted by molar-refractivity contribution is -0.119.